The van der Waals surface area contributed by atoms with Gasteiger partial charge in [-0.2, -0.15) is 0 Å². The van der Waals surface area contributed by atoms with Crippen molar-refractivity contribution in [3.63, 3.8) is 0 Å². The Balaban J connectivity index is 1.91. The normalized spacial score (nSPS) is 15.6. The fourth-order valence-electron chi connectivity index (χ4n) is 2.84. The highest BCUT2D eigenvalue weighted by Crippen LogP contribution is 2.32. The molecular formula is C19H13F2N2. The average Bonchev–Trinajstić information content (AvgIpc) is 3.17. The summed E-state index contributed by atoms with van der Waals surface area (Å²) in [6, 6.07) is 11.4. The molecule has 23 heavy (non-hydrogen) atoms. The van der Waals surface area contributed by atoms with E-state index in [-0.39, 0.29) is 5.56 Å². The van der Waals surface area contributed by atoms with Gasteiger partial charge in [0.25, 0.3) is 0 Å². The molecule has 0 atom stereocenters. The number of nitrogens with zero attached hydrogens (tertiary/aromatic N) is 2. The molecule has 1 fully saturated rings. The van der Waals surface area contributed by atoms with Crippen LogP contribution in [0.5, 0.6) is 0 Å². The molecule has 0 spiro atoms. The van der Waals surface area contributed by atoms with E-state index in [1.165, 1.54) is 18.2 Å². The summed E-state index contributed by atoms with van der Waals surface area (Å²) in [5.41, 5.74) is 1.48. The lowest BCUT2D eigenvalue weighted by Crippen LogP contribution is -2.09. The van der Waals surface area contributed by atoms with Crippen molar-refractivity contribution in [1.29, 1.82) is 0 Å². The van der Waals surface area contributed by atoms with E-state index < -0.39 is 11.6 Å². The molecule has 4 rings (SSSR count). The molecule has 113 valence electrons. The van der Waals surface area contributed by atoms with Crippen molar-refractivity contribution in [2.45, 2.75) is 6.54 Å². The third-order valence-corrected chi connectivity index (χ3v) is 3.91. The van der Waals surface area contributed by atoms with Gasteiger partial charge in [0.05, 0.1) is 16.6 Å². The van der Waals surface area contributed by atoms with Crippen molar-refractivity contribution in [3.8, 4) is 11.4 Å². The van der Waals surface area contributed by atoms with Crippen LogP contribution in [0, 0.1) is 43.2 Å². The van der Waals surface area contributed by atoms with Crippen LogP contribution >= 0.6 is 0 Å². The van der Waals surface area contributed by atoms with Crippen molar-refractivity contribution >= 4 is 11.0 Å². The molecule has 3 aromatic rings. The fourth-order valence-corrected chi connectivity index (χ4v) is 2.84. The zero-order chi connectivity index (χ0) is 15.8. The Morgan fingerprint density at radius 1 is 0.870 bits per heavy atom. The van der Waals surface area contributed by atoms with Gasteiger partial charge in [-0.15, -0.1) is 0 Å². The van der Waals surface area contributed by atoms with Gasteiger partial charge in [-0.1, -0.05) is 18.2 Å². The van der Waals surface area contributed by atoms with Crippen molar-refractivity contribution in [1.82, 2.24) is 9.55 Å². The Kier molecular flexibility index (Phi) is 3.60. The van der Waals surface area contributed by atoms with Crippen molar-refractivity contribution in [2.75, 3.05) is 0 Å². The molecule has 0 aliphatic heterocycles. The smallest absolute Gasteiger partial charge is 0.147 e. The van der Waals surface area contributed by atoms with Gasteiger partial charge in [-0.05, 0) is 49.9 Å². The molecule has 0 saturated heterocycles. The van der Waals surface area contributed by atoms with E-state index in [9.17, 15) is 8.78 Å². The van der Waals surface area contributed by atoms with Gasteiger partial charge < -0.3 is 4.57 Å². The van der Waals surface area contributed by atoms with Crippen LogP contribution in [0.1, 0.15) is 0 Å². The van der Waals surface area contributed by atoms with E-state index >= 15 is 0 Å². The molecule has 1 saturated carbocycles. The average molecular weight is 307 g/mol. The third kappa shape index (κ3) is 2.52. The monoisotopic (exact) mass is 307 g/mol. The predicted molar refractivity (Wildman–Crippen MR) is 85.5 cm³/mol. The largest absolute Gasteiger partial charge is 0.323 e. The van der Waals surface area contributed by atoms with Gasteiger partial charge in [0.1, 0.15) is 17.5 Å². The van der Waals surface area contributed by atoms with Crippen LogP contribution < -0.4 is 0 Å². The second-order valence-electron chi connectivity index (χ2n) is 5.40. The highest BCUT2D eigenvalue weighted by atomic mass is 19.1. The summed E-state index contributed by atoms with van der Waals surface area (Å²) >= 11 is 0. The lowest BCUT2D eigenvalue weighted by atomic mass is 10.1. The quantitative estimate of drug-likeness (QED) is 0.702. The maximum absolute atomic E-state index is 14.2. The first-order chi connectivity index (χ1) is 11.2. The number of hydrogen-bond donors (Lipinski definition) is 0. The first kappa shape index (κ1) is 14.4. The minimum absolute atomic E-state index is 0.0877. The number of benzene rings is 2. The molecule has 0 N–H and O–H groups in total. The molecule has 4 heteroatoms. The van der Waals surface area contributed by atoms with Crippen molar-refractivity contribution in [2.24, 2.45) is 0 Å². The molecule has 1 aliphatic carbocycles. The minimum Gasteiger partial charge on any atom is -0.323 e. The topological polar surface area (TPSA) is 17.8 Å². The summed E-state index contributed by atoms with van der Waals surface area (Å²) < 4.78 is 30.3. The molecule has 2 aromatic carbocycles. The SMILES string of the molecule is Fc1cccc(F)c1-c1nc2ccccc2n1C[C]1[CH][CH][CH][CH]1. The lowest BCUT2D eigenvalue weighted by molar-refractivity contribution is 0.584. The molecule has 0 amide bonds. The Morgan fingerprint density at radius 2 is 1.57 bits per heavy atom. The van der Waals surface area contributed by atoms with Gasteiger partial charge in [0, 0.05) is 12.5 Å². The highest BCUT2D eigenvalue weighted by Gasteiger charge is 2.23. The van der Waals surface area contributed by atoms with Crippen LogP contribution in [0.2, 0.25) is 0 Å². The zero-order valence-corrected chi connectivity index (χ0v) is 12.2. The van der Waals surface area contributed by atoms with Gasteiger partial charge in [0.15, 0.2) is 0 Å². The van der Waals surface area contributed by atoms with E-state index in [2.05, 4.69) is 4.98 Å². The number of halogens is 2. The van der Waals surface area contributed by atoms with E-state index in [0.717, 1.165) is 17.0 Å². The predicted octanol–water partition coefficient (Wildman–Crippen LogP) is 4.39. The fraction of sp³-hybridized carbons (Fsp3) is 0.0526. The number of imidazole rings is 1. The summed E-state index contributed by atoms with van der Waals surface area (Å²) in [5.74, 6) is 0.155. The summed E-state index contributed by atoms with van der Waals surface area (Å²) in [5, 5.41) is 0. The summed E-state index contributed by atoms with van der Waals surface area (Å²) in [6.45, 7) is 0.511. The number of aromatic nitrogens is 2. The molecule has 1 aliphatic rings. The van der Waals surface area contributed by atoms with E-state index in [4.69, 9.17) is 0 Å². The Bertz CT molecular complexity index is 827. The van der Waals surface area contributed by atoms with Gasteiger partial charge in [-0.3, -0.25) is 0 Å². The van der Waals surface area contributed by atoms with Gasteiger partial charge >= 0.3 is 0 Å². The molecule has 5 radical (unpaired) electrons. The van der Waals surface area contributed by atoms with Crippen LogP contribution in [-0.4, -0.2) is 9.55 Å². The lowest BCUT2D eigenvalue weighted by Gasteiger charge is -2.14. The third-order valence-electron chi connectivity index (χ3n) is 3.91. The van der Waals surface area contributed by atoms with E-state index in [1.54, 1.807) is 0 Å². The van der Waals surface area contributed by atoms with Gasteiger partial charge in [0.2, 0.25) is 0 Å². The first-order valence-electron chi connectivity index (χ1n) is 7.34. The minimum atomic E-state index is -0.607. The summed E-state index contributed by atoms with van der Waals surface area (Å²) in [7, 11) is 0. The summed E-state index contributed by atoms with van der Waals surface area (Å²) in [6.07, 6.45) is 7.85. The maximum atomic E-state index is 14.2. The molecular weight excluding hydrogens is 294 g/mol. The Labute approximate surface area is 133 Å². The molecule has 0 bridgehead atoms. The van der Waals surface area contributed by atoms with Gasteiger partial charge in [-0.25, -0.2) is 13.8 Å². The maximum Gasteiger partial charge on any atom is 0.147 e. The summed E-state index contributed by atoms with van der Waals surface area (Å²) in [4.78, 5) is 4.47. The van der Waals surface area contributed by atoms with E-state index in [0.29, 0.717) is 12.4 Å². The van der Waals surface area contributed by atoms with E-state index in [1.807, 2.05) is 54.5 Å². The van der Waals surface area contributed by atoms with Crippen LogP contribution in [-0.2, 0) is 6.54 Å². The molecule has 1 heterocycles. The van der Waals surface area contributed by atoms with Crippen LogP contribution in [0.4, 0.5) is 8.78 Å². The highest BCUT2D eigenvalue weighted by molar-refractivity contribution is 5.81. The van der Waals surface area contributed by atoms with Crippen molar-refractivity contribution in [3.05, 3.63) is 85.7 Å². The standard InChI is InChI=1S/C19H13F2N2/c20-14-8-5-9-15(21)18(14)19-22-16-10-3-4-11-17(16)23(19)12-13-6-1-2-7-13/h1-11H,12H2. The second-order valence-corrected chi connectivity index (χ2v) is 5.40. The molecule has 0 unspecified atom stereocenters. The zero-order valence-electron chi connectivity index (χ0n) is 12.2. The Hall–Kier alpha value is -2.23. The second kappa shape index (κ2) is 5.76. The van der Waals surface area contributed by atoms with Crippen LogP contribution in [0.3, 0.4) is 0 Å². The number of rotatable bonds is 3. The molecule has 2 nitrogen and oxygen atoms in total. The van der Waals surface area contributed by atoms with Crippen LogP contribution in [0.15, 0.2) is 42.5 Å². The first-order valence-corrected chi connectivity index (χ1v) is 7.34. The Morgan fingerprint density at radius 3 is 2.30 bits per heavy atom. The number of hydrogen-bond acceptors (Lipinski definition) is 1. The number of fused-ring (bicyclic) bond motifs is 1. The van der Waals surface area contributed by atoms with Crippen molar-refractivity contribution < 1.29 is 8.78 Å². The molecule has 1 aromatic heterocycles. The van der Waals surface area contributed by atoms with Crippen LogP contribution in [0.25, 0.3) is 22.4 Å². The number of para-hydroxylation sites is 2.